The van der Waals surface area contributed by atoms with Crippen molar-refractivity contribution in [2.45, 2.75) is 31.7 Å². The molecule has 0 bridgehead atoms. The molecular formula is C12H15ClN2O. The summed E-state index contributed by atoms with van der Waals surface area (Å²) in [4.78, 5) is 12.0. The summed E-state index contributed by atoms with van der Waals surface area (Å²) in [5.74, 6) is -0.157. The van der Waals surface area contributed by atoms with E-state index in [4.69, 9.17) is 17.3 Å². The van der Waals surface area contributed by atoms with Gasteiger partial charge in [-0.25, -0.2) is 0 Å². The molecular weight excluding hydrogens is 224 g/mol. The van der Waals surface area contributed by atoms with Gasteiger partial charge >= 0.3 is 0 Å². The predicted octanol–water partition coefficient (Wildman–Crippen LogP) is 2.59. The Bertz CT molecular complexity index is 380. The van der Waals surface area contributed by atoms with Gasteiger partial charge in [-0.05, 0) is 25.0 Å². The summed E-state index contributed by atoms with van der Waals surface area (Å²) in [6, 6.07) is 5.39. The van der Waals surface area contributed by atoms with E-state index in [2.05, 4.69) is 5.32 Å². The van der Waals surface area contributed by atoms with Gasteiger partial charge in [-0.2, -0.15) is 0 Å². The third-order valence-corrected chi connectivity index (χ3v) is 3.28. The van der Waals surface area contributed by atoms with Crippen molar-refractivity contribution in [1.29, 1.82) is 0 Å². The fraction of sp³-hybridized carbons (Fsp3) is 0.417. The van der Waals surface area contributed by atoms with Gasteiger partial charge in [0.2, 0.25) is 0 Å². The Morgan fingerprint density at radius 3 is 2.69 bits per heavy atom. The van der Waals surface area contributed by atoms with Crippen LogP contribution in [0.3, 0.4) is 0 Å². The number of amides is 1. The van der Waals surface area contributed by atoms with E-state index < -0.39 is 0 Å². The molecule has 0 spiro atoms. The fourth-order valence-electron chi connectivity index (χ4n) is 2.11. The van der Waals surface area contributed by atoms with E-state index in [9.17, 15) is 4.79 Å². The minimum atomic E-state index is -0.157. The number of hydrogen-bond donors (Lipinski definition) is 2. The molecule has 16 heavy (non-hydrogen) atoms. The van der Waals surface area contributed by atoms with E-state index in [0.717, 1.165) is 12.8 Å². The lowest BCUT2D eigenvalue weighted by Crippen LogP contribution is -2.33. The molecule has 86 valence electrons. The summed E-state index contributed by atoms with van der Waals surface area (Å²) >= 11 is 5.97. The molecule has 3 N–H and O–H groups in total. The molecule has 3 nitrogen and oxygen atoms in total. The van der Waals surface area contributed by atoms with Crippen LogP contribution in [-0.4, -0.2) is 11.9 Å². The lowest BCUT2D eigenvalue weighted by molar-refractivity contribution is 0.0939. The Labute approximate surface area is 100.0 Å². The Hall–Kier alpha value is -1.22. The Morgan fingerprint density at radius 1 is 1.38 bits per heavy atom. The van der Waals surface area contributed by atoms with Crippen molar-refractivity contribution >= 4 is 23.2 Å². The van der Waals surface area contributed by atoms with Crippen LogP contribution in [0.5, 0.6) is 0 Å². The number of nitrogens with one attached hydrogen (secondary N) is 1. The van der Waals surface area contributed by atoms with E-state index in [-0.39, 0.29) is 11.9 Å². The Kier molecular flexibility index (Phi) is 3.34. The molecule has 0 atom stereocenters. The highest BCUT2D eigenvalue weighted by Gasteiger charge is 2.20. The number of nitrogen functional groups attached to an aromatic ring is 1. The molecule has 1 aromatic carbocycles. The first kappa shape index (κ1) is 11.3. The minimum Gasteiger partial charge on any atom is -0.398 e. The highest BCUT2D eigenvalue weighted by molar-refractivity contribution is 6.34. The van der Waals surface area contributed by atoms with Gasteiger partial charge < -0.3 is 11.1 Å². The number of hydrogen-bond acceptors (Lipinski definition) is 2. The van der Waals surface area contributed by atoms with Gasteiger partial charge in [0.15, 0.2) is 0 Å². The van der Waals surface area contributed by atoms with Crippen molar-refractivity contribution in [2.75, 3.05) is 5.73 Å². The number of rotatable bonds is 2. The van der Waals surface area contributed by atoms with Crippen molar-refractivity contribution in [3.05, 3.63) is 28.8 Å². The summed E-state index contributed by atoms with van der Waals surface area (Å²) in [7, 11) is 0. The molecule has 1 fully saturated rings. The van der Waals surface area contributed by atoms with E-state index in [1.165, 1.54) is 12.8 Å². The number of anilines is 1. The van der Waals surface area contributed by atoms with Crippen LogP contribution in [0.15, 0.2) is 18.2 Å². The molecule has 1 amide bonds. The minimum absolute atomic E-state index is 0.157. The summed E-state index contributed by atoms with van der Waals surface area (Å²) in [5, 5.41) is 3.39. The maximum Gasteiger partial charge on any atom is 0.255 e. The molecule has 2 rings (SSSR count). The van der Waals surface area contributed by atoms with Gasteiger partial charge in [-0.3, -0.25) is 4.79 Å². The zero-order chi connectivity index (χ0) is 11.5. The second-order valence-electron chi connectivity index (χ2n) is 4.16. The normalized spacial score (nSPS) is 16.3. The number of nitrogens with two attached hydrogens (primary N) is 1. The van der Waals surface area contributed by atoms with E-state index in [0.29, 0.717) is 16.3 Å². The average Bonchev–Trinajstić information content (AvgIpc) is 2.70. The number of carbonyl (C=O) groups is 1. The Morgan fingerprint density at radius 2 is 2.06 bits per heavy atom. The van der Waals surface area contributed by atoms with Gasteiger partial charge in [0, 0.05) is 11.7 Å². The average molecular weight is 239 g/mol. The predicted molar refractivity (Wildman–Crippen MR) is 65.6 cm³/mol. The molecule has 0 saturated heterocycles. The monoisotopic (exact) mass is 238 g/mol. The highest BCUT2D eigenvalue weighted by atomic mass is 35.5. The molecule has 0 heterocycles. The third-order valence-electron chi connectivity index (χ3n) is 2.96. The molecule has 0 unspecified atom stereocenters. The van der Waals surface area contributed by atoms with Crippen LogP contribution in [-0.2, 0) is 0 Å². The molecule has 0 radical (unpaired) electrons. The van der Waals surface area contributed by atoms with E-state index in [1.807, 2.05) is 0 Å². The van der Waals surface area contributed by atoms with Crippen molar-refractivity contribution in [3.63, 3.8) is 0 Å². The molecule has 4 heteroatoms. The smallest absolute Gasteiger partial charge is 0.255 e. The van der Waals surface area contributed by atoms with Gasteiger partial charge in [-0.1, -0.05) is 30.5 Å². The topological polar surface area (TPSA) is 55.1 Å². The SMILES string of the molecule is Nc1cccc(Cl)c1C(=O)NC1CCCC1. The quantitative estimate of drug-likeness (QED) is 0.779. The van der Waals surface area contributed by atoms with Gasteiger partial charge in [0.1, 0.15) is 0 Å². The lowest BCUT2D eigenvalue weighted by Gasteiger charge is -2.13. The third kappa shape index (κ3) is 2.30. The van der Waals surface area contributed by atoms with Crippen molar-refractivity contribution in [1.82, 2.24) is 5.32 Å². The second kappa shape index (κ2) is 4.74. The number of halogens is 1. The van der Waals surface area contributed by atoms with Crippen molar-refractivity contribution < 1.29 is 4.79 Å². The molecule has 0 aromatic heterocycles. The van der Waals surface area contributed by atoms with E-state index in [1.54, 1.807) is 18.2 Å². The standard InChI is InChI=1S/C12H15ClN2O/c13-9-6-3-7-10(14)11(9)12(16)15-8-4-1-2-5-8/h3,6-8H,1-2,4-5,14H2,(H,15,16). The van der Waals surface area contributed by atoms with Gasteiger partial charge in [0.25, 0.3) is 5.91 Å². The van der Waals surface area contributed by atoms with Gasteiger partial charge in [-0.15, -0.1) is 0 Å². The fourth-order valence-corrected chi connectivity index (χ4v) is 2.38. The van der Waals surface area contributed by atoms with Crippen LogP contribution in [0.2, 0.25) is 5.02 Å². The lowest BCUT2D eigenvalue weighted by atomic mass is 10.1. The zero-order valence-electron chi connectivity index (χ0n) is 9.00. The van der Waals surface area contributed by atoms with Crippen LogP contribution >= 0.6 is 11.6 Å². The molecule has 1 aromatic rings. The molecule has 1 saturated carbocycles. The first-order valence-electron chi connectivity index (χ1n) is 5.53. The maximum absolute atomic E-state index is 12.0. The highest BCUT2D eigenvalue weighted by Crippen LogP contribution is 2.23. The van der Waals surface area contributed by atoms with Gasteiger partial charge in [0.05, 0.1) is 10.6 Å². The molecule has 1 aliphatic carbocycles. The summed E-state index contributed by atoms with van der Waals surface area (Å²) < 4.78 is 0. The first-order valence-corrected chi connectivity index (χ1v) is 5.91. The van der Waals surface area contributed by atoms with Crippen LogP contribution in [0.4, 0.5) is 5.69 Å². The first-order chi connectivity index (χ1) is 7.68. The largest absolute Gasteiger partial charge is 0.398 e. The van der Waals surface area contributed by atoms with E-state index >= 15 is 0 Å². The van der Waals surface area contributed by atoms with Crippen LogP contribution < -0.4 is 11.1 Å². The van der Waals surface area contributed by atoms with Crippen molar-refractivity contribution in [3.8, 4) is 0 Å². The number of benzene rings is 1. The second-order valence-corrected chi connectivity index (χ2v) is 4.57. The zero-order valence-corrected chi connectivity index (χ0v) is 9.76. The van der Waals surface area contributed by atoms with Crippen LogP contribution in [0, 0.1) is 0 Å². The maximum atomic E-state index is 12.0. The van der Waals surface area contributed by atoms with Crippen molar-refractivity contribution in [2.24, 2.45) is 0 Å². The molecule has 0 aliphatic heterocycles. The number of carbonyl (C=O) groups excluding carboxylic acids is 1. The Balaban J connectivity index is 2.13. The van der Waals surface area contributed by atoms with Crippen LogP contribution in [0.25, 0.3) is 0 Å². The molecule has 1 aliphatic rings. The summed E-state index contributed by atoms with van der Waals surface area (Å²) in [6.45, 7) is 0. The summed E-state index contributed by atoms with van der Waals surface area (Å²) in [6.07, 6.45) is 4.47. The van der Waals surface area contributed by atoms with Crippen LogP contribution in [0.1, 0.15) is 36.0 Å². The summed E-state index contributed by atoms with van der Waals surface area (Å²) in [5.41, 5.74) is 6.58.